The first kappa shape index (κ1) is 57.7. The predicted molar refractivity (Wildman–Crippen MR) is 254 cm³/mol. The highest BCUT2D eigenvalue weighted by Gasteiger charge is 2.20. The summed E-state index contributed by atoms with van der Waals surface area (Å²) < 4.78 is 0. The van der Waals surface area contributed by atoms with Crippen LogP contribution in [0.4, 0.5) is 0 Å². The van der Waals surface area contributed by atoms with Gasteiger partial charge in [0.15, 0.2) is 0 Å². The van der Waals surface area contributed by atoms with Crippen LogP contribution in [0.2, 0.25) is 0 Å². The number of unbranched alkanes of at least 4 members (excludes halogenated alkanes) is 24. The van der Waals surface area contributed by atoms with Gasteiger partial charge in [0.1, 0.15) is 0 Å². The van der Waals surface area contributed by atoms with Gasteiger partial charge in [-0.15, -0.1) is 0 Å². The molecule has 1 amide bonds. The number of carbonyl (C=O) groups is 3. The fourth-order valence-corrected chi connectivity index (χ4v) is 7.76. The van der Waals surface area contributed by atoms with Gasteiger partial charge in [0, 0.05) is 18.9 Å². The van der Waals surface area contributed by atoms with Crippen LogP contribution in [0.3, 0.4) is 0 Å². The van der Waals surface area contributed by atoms with Gasteiger partial charge < -0.3 is 37.6 Å². The number of allylic oxidation sites excluding steroid dienone is 4. The molecule has 0 saturated heterocycles. The summed E-state index contributed by atoms with van der Waals surface area (Å²) in [5.41, 5.74) is 11.4. The Morgan fingerprint density at radius 1 is 0.417 bits per heavy atom. The van der Waals surface area contributed by atoms with E-state index in [1.165, 1.54) is 128 Å². The normalized spacial score (nSPS) is 12.3. The Hall–Kier alpha value is -2.27. The molecule has 1 unspecified atom stereocenters. The van der Waals surface area contributed by atoms with Crippen molar-refractivity contribution < 1.29 is 24.6 Å². The van der Waals surface area contributed by atoms with E-state index in [2.05, 4.69) is 40.3 Å². The first-order chi connectivity index (χ1) is 29.4. The maximum absolute atomic E-state index is 13.6. The van der Waals surface area contributed by atoms with Crippen LogP contribution in [-0.2, 0) is 14.4 Å². The zero-order valence-corrected chi connectivity index (χ0v) is 38.7. The molecule has 0 aliphatic carbocycles. The minimum atomic E-state index is -0.682. The van der Waals surface area contributed by atoms with Crippen LogP contribution in [0.15, 0.2) is 24.3 Å². The van der Waals surface area contributed by atoms with Gasteiger partial charge >= 0.3 is 11.9 Å². The largest absolute Gasteiger partial charge is 0.481 e. The van der Waals surface area contributed by atoms with Crippen LogP contribution in [0.1, 0.15) is 231 Å². The van der Waals surface area contributed by atoms with Crippen molar-refractivity contribution in [2.45, 2.75) is 243 Å². The molecule has 0 spiro atoms. The van der Waals surface area contributed by atoms with Crippen LogP contribution in [0, 0.1) is 0 Å². The molecule has 0 aliphatic rings. The third kappa shape index (κ3) is 45.3. The average Bonchev–Trinajstić information content (AvgIpc) is 3.22. The van der Waals surface area contributed by atoms with Crippen molar-refractivity contribution in [3.05, 3.63) is 24.3 Å². The maximum Gasteiger partial charge on any atom is 0.303 e. The van der Waals surface area contributed by atoms with Gasteiger partial charge in [-0.2, -0.15) is 0 Å². The van der Waals surface area contributed by atoms with Gasteiger partial charge in [-0.1, -0.05) is 140 Å². The highest BCUT2D eigenvalue weighted by atomic mass is 16.4. The zero-order valence-electron chi connectivity index (χ0n) is 38.7. The van der Waals surface area contributed by atoms with Crippen LogP contribution < -0.4 is 27.4 Å². The molecule has 10 nitrogen and oxygen atoms in total. The lowest BCUT2D eigenvalue weighted by Crippen LogP contribution is -2.48. The lowest BCUT2D eigenvalue weighted by atomic mass is 9.99. The summed E-state index contributed by atoms with van der Waals surface area (Å²) in [5.74, 6) is -1.21. The number of aliphatic carboxylic acids is 2. The molecule has 60 heavy (non-hydrogen) atoms. The number of amides is 1. The lowest BCUT2D eigenvalue weighted by molar-refractivity contribution is -0.138. The van der Waals surface area contributed by atoms with E-state index >= 15 is 0 Å². The average molecular weight is 848 g/mol. The summed E-state index contributed by atoms with van der Waals surface area (Å²) >= 11 is 0. The summed E-state index contributed by atoms with van der Waals surface area (Å²) in [6.45, 7) is 3.92. The molecule has 1 atom stereocenters. The fraction of sp³-hybridized carbons (Fsp3) is 0.860. The predicted octanol–water partition coefficient (Wildman–Crippen LogP) is 11.3. The highest BCUT2D eigenvalue weighted by Crippen LogP contribution is 2.17. The van der Waals surface area contributed by atoms with Gasteiger partial charge in [-0.3, -0.25) is 14.4 Å². The first-order valence-electron chi connectivity index (χ1n) is 25.3. The van der Waals surface area contributed by atoms with E-state index in [4.69, 9.17) is 21.7 Å². The zero-order chi connectivity index (χ0) is 43.8. The van der Waals surface area contributed by atoms with Crippen molar-refractivity contribution in [3.63, 3.8) is 0 Å². The van der Waals surface area contributed by atoms with Crippen molar-refractivity contribution in [1.29, 1.82) is 0 Å². The molecule has 0 fully saturated rings. The summed E-state index contributed by atoms with van der Waals surface area (Å²) in [4.78, 5) is 34.8. The van der Waals surface area contributed by atoms with Gasteiger partial charge in [-0.05, 0) is 135 Å². The SMILES string of the molecule is NCCCNCCCC(NCCCN)C(=O)NC(CCCCCCCCC/C=C\CCCCCCCC(=O)O)CCCCCCCCC/C=C\CCCCCCCC(=O)O. The molecule has 0 radical (unpaired) electrons. The number of nitrogens with two attached hydrogens (primary N) is 2. The first-order valence-corrected chi connectivity index (χ1v) is 25.3. The van der Waals surface area contributed by atoms with Gasteiger partial charge in [0.05, 0.1) is 6.04 Å². The number of rotatable bonds is 49. The standard InChI is InChI=1S/C50H97N5O5/c51-41-34-44-53-43-33-38-47(54-45-35-42-52)50(60)55-46(36-29-25-21-17-13-9-5-1-3-7-11-15-19-23-27-31-39-48(56)57)37-30-26-22-18-14-10-6-2-4-8-12-16-20-24-28-32-40-49(58)59/h3-4,7-8,46-47,53-54H,1-2,5-6,9-45,51-52H2,(H,55,60)(H,56,57)(H,58,59)/b7-3-,8-4-. The van der Waals surface area contributed by atoms with Crippen molar-refractivity contribution in [1.82, 2.24) is 16.0 Å². The summed E-state index contributed by atoms with van der Waals surface area (Å²) in [5, 5.41) is 27.9. The molecular formula is C50H97N5O5. The quantitative estimate of drug-likeness (QED) is 0.0232. The van der Waals surface area contributed by atoms with E-state index in [0.717, 1.165) is 110 Å². The number of carbonyl (C=O) groups excluding carboxylic acids is 1. The molecule has 0 rings (SSSR count). The van der Waals surface area contributed by atoms with E-state index in [1.807, 2.05) is 0 Å². The molecule has 0 aromatic carbocycles. The van der Waals surface area contributed by atoms with E-state index < -0.39 is 11.9 Å². The number of nitrogens with one attached hydrogen (secondary N) is 3. The summed E-state index contributed by atoms with van der Waals surface area (Å²) in [6.07, 6.45) is 48.8. The smallest absolute Gasteiger partial charge is 0.303 e. The topological polar surface area (TPSA) is 180 Å². The second-order valence-electron chi connectivity index (χ2n) is 17.3. The molecule has 10 heteroatoms. The van der Waals surface area contributed by atoms with Crippen molar-refractivity contribution in [3.8, 4) is 0 Å². The summed E-state index contributed by atoms with van der Waals surface area (Å²) in [6, 6.07) is 0.0650. The Bertz CT molecular complexity index is 954. The van der Waals surface area contributed by atoms with E-state index in [0.29, 0.717) is 25.9 Å². The van der Waals surface area contributed by atoms with E-state index in [1.54, 1.807) is 0 Å². The highest BCUT2D eigenvalue weighted by molar-refractivity contribution is 5.82. The second-order valence-corrected chi connectivity index (χ2v) is 17.3. The monoisotopic (exact) mass is 848 g/mol. The minimum absolute atomic E-state index is 0.156. The van der Waals surface area contributed by atoms with Crippen molar-refractivity contribution in [2.24, 2.45) is 11.5 Å². The molecule has 0 aliphatic heterocycles. The maximum atomic E-state index is 13.6. The third-order valence-corrected chi connectivity index (χ3v) is 11.5. The van der Waals surface area contributed by atoms with Crippen LogP contribution in [0.5, 0.6) is 0 Å². The molecule has 352 valence electrons. The Morgan fingerprint density at radius 3 is 1.17 bits per heavy atom. The number of carboxylic acids is 2. The molecular weight excluding hydrogens is 751 g/mol. The third-order valence-electron chi connectivity index (χ3n) is 11.5. The van der Waals surface area contributed by atoms with E-state index in [9.17, 15) is 14.4 Å². The fourth-order valence-electron chi connectivity index (χ4n) is 7.76. The Labute approximate surface area is 369 Å². The van der Waals surface area contributed by atoms with E-state index in [-0.39, 0.29) is 18.0 Å². The molecule has 0 bridgehead atoms. The van der Waals surface area contributed by atoms with Crippen LogP contribution in [0.25, 0.3) is 0 Å². The summed E-state index contributed by atoms with van der Waals surface area (Å²) in [7, 11) is 0. The molecule has 0 heterocycles. The second kappa shape index (κ2) is 47.8. The van der Waals surface area contributed by atoms with Crippen molar-refractivity contribution in [2.75, 3.05) is 32.7 Å². The van der Waals surface area contributed by atoms with Crippen molar-refractivity contribution >= 4 is 17.8 Å². The lowest BCUT2D eigenvalue weighted by Gasteiger charge is -2.24. The Kier molecular flexibility index (Phi) is 46.0. The number of hydrogen-bond acceptors (Lipinski definition) is 7. The minimum Gasteiger partial charge on any atom is -0.481 e. The molecule has 0 aromatic rings. The van der Waals surface area contributed by atoms with Crippen LogP contribution >= 0.6 is 0 Å². The Morgan fingerprint density at radius 2 is 0.767 bits per heavy atom. The van der Waals surface area contributed by atoms with Gasteiger partial charge in [0.2, 0.25) is 5.91 Å². The Balaban J connectivity index is 4.45. The molecule has 9 N–H and O–H groups in total. The number of hydrogen-bond donors (Lipinski definition) is 7. The van der Waals surface area contributed by atoms with Crippen LogP contribution in [-0.4, -0.2) is 72.9 Å². The molecule has 0 saturated carbocycles. The number of carboxylic acid groups (broad SMARTS) is 2. The molecule has 0 aromatic heterocycles. The van der Waals surface area contributed by atoms with Gasteiger partial charge in [-0.25, -0.2) is 0 Å². The van der Waals surface area contributed by atoms with Gasteiger partial charge in [0.25, 0.3) is 0 Å².